The lowest BCUT2D eigenvalue weighted by molar-refractivity contribution is -0.131. The normalized spacial score (nSPS) is 19.6. The van der Waals surface area contributed by atoms with Gasteiger partial charge in [0, 0.05) is 20.1 Å². The summed E-state index contributed by atoms with van der Waals surface area (Å²) in [6.07, 6.45) is 2.22. The zero-order valence-corrected chi connectivity index (χ0v) is 20.0. The summed E-state index contributed by atoms with van der Waals surface area (Å²) in [6, 6.07) is 7.09. The third-order valence-electron chi connectivity index (χ3n) is 5.81. The van der Waals surface area contributed by atoms with Gasteiger partial charge in [0.1, 0.15) is 11.4 Å². The number of amides is 2. The molecule has 2 rings (SSSR count). The van der Waals surface area contributed by atoms with E-state index in [1.807, 2.05) is 56.9 Å². The Bertz CT molecular complexity index is 743. The highest BCUT2D eigenvalue weighted by Gasteiger charge is 2.46. The molecule has 1 heterocycles. The Hall–Kier alpha value is -2.28. The highest BCUT2D eigenvalue weighted by atomic mass is 16.6. The molecule has 0 aliphatic carbocycles. The van der Waals surface area contributed by atoms with E-state index in [0.29, 0.717) is 19.4 Å². The molecule has 2 amide bonds. The summed E-state index contributed by atoms with van der Waals surface area (Å²) < 4.78 is 16.7. The summed E-state index contributed by atoms with van der Waals surface area (Å²) in [6.45, 7) is 10.0. The number of nitrogens with zero attached hydrogens (tertiary/aromatic N) is 1. The molecular formula is C24H38N2O5. The Morgan fingerprint density at radius 3 is 2.35 bits per heavy atom. The quantitative estimate of drug-likeness (QED) is 0.628. The second-order valence-electron chi connectivity index (χ2n) is 9.37. The fourth-order valence-corrected chi connectivity index (χ4v) is 4.21. The van der Waals surface area contributed by atoms with Crippen LogP contribution in [-0.2, 0) is 20.8 Å². The molecule has 174 valence electrons. The number of likely N-dealkylation sites (tertiary alicyclic amines) is 1. The second kappa shape index (κ2) is 10.4. The third-order valence-corrected chi connectivity index (χ3v) is 5.81. The predicted molar refractivity (Wildman–Crippen MR) is 120 cm³/mol. The number of alkyl carbamates (subject to hydrolysis) is 1. The van der Waals surface area contributed by atoms with Gasteiger partial charge in [-0.15, -0.1) is 0 Å². The van der Waals surface area contributed by atoms with Gasteiger partial charge in [-0.2, -0.15) is 0 Å². The lowest BCUT2D eigenvalue weighted by atomic mass is 9.85. The SMILES string of the molecule is CCC[C@](C)(OC)[C@H](NC(=O)OC(C)(C)C)[C@H]1CCC(=O)N1Cc1ccc(OC)cc1. The van der Waals surface area contributed by atoms with Gasteiger partial charge in [0.05, 0.1) is 24.8 Å². The first-order chi connectivity index (χ1) is 14.5. The maximum Gasteiger partial charge on any atom is 0.408 e. The lowest BCUT2D eigenvalue weighted by Crippen LogP contribution is -2.61. The van der Waals surface area contributed by atoms with Gasteiger partial charge in [-0.3, -0.25) is 4.79 Å². The predicted octanol–water partition coefficient (Wildman–Crippen LogP) is 4.28. The van der Waals surface area contributed by atoms with Crippen LogP contribution in [0, 0.1) is 0 Å². The van der Waals surface area contributed by atoms with Crippen molar-refractivity contribution in [3.63, 3.8) is 0 Å². The molecule has 0 bridgehead atoms. The van der Waals surface area contributed by atoms with Gasteiger partial charge < -0.3 is 24.4 Å². The molecule has 3 atom stereocenters. The minimum absolute atomic E-state index is 0.0757. The summed E-state index contributed by atoms with van der Waals surface area (Å²) in [4.78, 5) is 27.4. The standard InChI is InChI=1S/C24H38N2O5/c1-8-15-24(5,30-7)21(25-22(28)31-23(2,3)4)19-13-14-20(27)26(19)16-17-9-11-18(29-6)12-10-17/h9-12,19,21H,8,13-16H2,1-7H3,(H,25,28)/t19-,21-,24+/m1/s1. The van der Waals surface area contributed by atoms with E-state index in [-0.39, 0.29) is 11.9 Å². The Morgan fingerprint density at radius 1 is 1.19 bits per heavy atom. The smallest absolute Gasteiger partial charge is 0.408 e. The molecule has 0 saturated carbocycles. The number of hydrogen-bond donors (Lipinski definition) is 1. The Labute approximate surface area is 186 Å². The number of rotatable bonds is 9. The van der Waals surface area contributed by atoms with Gasteiger partial charge in [0.25, 0.3) is 0 Å². The fourth-order valence-electron chi connectivity index (χ4n) is 4.21. The van der Waals surface area contributed by atoms with E-state index in [1.165, 1.54) is 0 Å². The first-order valence-electron chi connectivity index (χ1n) is 11.0. The molecule has 1 aromatic carbocycles. The van der Waals surface area contributed by atoms with Gasteiger partial charge in [0.15, 0.2) is 0 Å². The molecule has 7 heteroatoms. The van der Waals surface area contributed by atoms with Crippen LogP contribution in [0.3, 0.4) is 0 Å². The van der Waals surface area contributed by atoms with Crippen LogP contribution >= 0.6 is 0 Å². The van der Waals surface area contributed by atoms with Crippen molar-refractivity contribution in [2.75, 3.05) is 14.2 Å². The fraction of sp³-hybridized carbons (Fsp3) is 0.667. The maximum absolute atomic E-state index is 12.8. The summed E-state index contributed by atoms with van der Waals surface area (Å²) in [5, 5.41) is 3.05. The van der Waals surface area contributed by atoms with Crippen LogP contribution in [0.5, 0.6) is 5.75 Å². The minimum atomic E-state index is -0.640. The lowest BCUT2D eigenvalue weighted by Gasteiger charge is -2.43. The summed E-state index contributed by atoms with van der Waals surface area (Å²) in [7, 11) is 3.28. The highest BCUT2D eigenvalue weighted by Crippen LogP contribution is 2.33. The summed E-state index contributed by atoms with van der Waals surface area (Å²) in [5.74, 6) is 0.846. The molecule has 1 N–H and O–H groups in total. The first kappa shape index (κ1) is 25.0. The van der Waals surface area contributed by atoms with Crippen molar-refractivity contribution in [1.82, 2.24) is 10.2 Å². The van der Waals surface area contributed by atoms with E-state index >= 15 is 0 Å². The van der Waals surface area contributed by atoms with Crippen molar-refractivity contribution in [2.45, 2.75) is 90.1 Å². The molecule has 0 aromatic heterocycles. The molecule has 1 aliphatic rings. The largest absolute Gasteiger partial charge is 0.497 e. The van der Waals surface area contributed by atoms with Crippen molar-refractivity contribution in [3.05, 3.63) is 29.8 Å². The average Bonchev–Trinajstić information content (AvgIpc) is 3.05. The molecule has 1 fully saturated rings. The molecule has 31 heavy (non-hydrogen) atoms. The molecule has 1 saturated heterocycles. The number of ether oxygens (including phenoxy) is 3. The number of benzene rings is 1. The summed E-state index contributed by atoms with van der Waals surface area (Å²) >= 11 is 0. The van der Waals surface area contributed by atoms with Crippen LogP contribution in [0.2, 0.25) is 0 Å². The number of carbonyl (C=O) groups is 2. The minimum Gasteiger partial charge on any atom is -0.497 e. The van der Waals surface area contributed by atoms with Crippen molar-refractivity contribution in [2.24, 2.45) is 0 Å². The van der Waals surface area contributed by atoms with E-state index < -0.39 is 23.3 Å². The third kappa shape index (κ3) is 6.60. The summed E-state index contributed by atoms with van der Waals surface area (Å²) in [5.41, 5.74) is -0.248. The van der Waals surface area contributed by atoms with Crippen LogP contribution in [0.4, 0.5) is 4.79 Å². The van der Waals surface area contributed by atoms with Crippen LogP contribution < -0.4 is 10.1 Å². The van der Waals surface area contributed by atoms with Crippen LogP contribution in [0.25, 0.3) is 0 Å². The van der Waals surface area contributed by atoms with Crippen LogP contribution in [0.15, 0.2) is 24.3 Å². The Balaban J connectivity index is 2.32. The Morgan fingerprint density at radius 2 is 1.84 bits per heavy atom. The molecule has 1 aromatic rings. The average molecular weight is 435 g/mol. The van der Waals surface area contributed by atoms with Gasteiger partial charge in [0.2, 0.25) is 5.91 Å². The molecule has 7 nitrogen and oxygen atoms in total. The van der Waals surface area contributed by atoms with Crippen molar-refractivity contribution in [1.29, 1.82) is 0 Å². The van der Waals surface area contributed by atoms with Crippen LogP contribution in [-0.4, -0.2) is 54.4 Å². The number of methoxy groups -OCH3 is 2. The second-order valence-corrected chi connectivity index (χ2v) is 9.37. The first-order valence-corrected chi connectivity index (χ1v) is 11.0. The topological polar surface area (TPSA) is 77.1 Å². The maximum atomic E-state index is 12.8. The van der Waals surface area contributed by atoms with E-state index in [4.69, 9.17) is 14.2 Å². The van der Waals surface area contributed by atoms with Crippen molar-refractivity contribution < 1.29 is 23.8 Å². The van der Waals surface area contributed by atoms with Crippen molar-refractivity contribution in [3.8, 4) is 5.75 Å². The molecule has 0 radical (unpaired) electrons. The van der Waals surface area contributed by atoms with Gasteiger partial charge >= 0.3 is 6.09 Å². The zero-order chi connectivity index (χ0) is 23.2. The van der Waals surface area contributed by atoms with E-state index in [1.54, 1.807) is 14.2 Å². The Kier molecular flexibility index (Phi) is 8.34. The molecular weight excluding hydrogens is 396 g/mol. The number of hydrogen-bond acceptors (Lipinski definition) is 5. The monoisotopic (exact) mass is 434 g/mol. The van der Waals surface area contributed by atoms with Crippen molar-refractivity contribution >= 4 is 12.0 Å². The molecule has 0 unspecified atom stereocenters. The van der Waals surface area contributed by atoms with E-state index in [2.05, 4.69) is 12.2 Å². The molecule has 1 aliphatic heterocycles. The molecule has 0 spiro atoms. The number of nitrogens with one attached hydrogen (secondary N) is 1. The van der Waals surface area contributed by atoms with E-state index in [0.717, 1.165) is 24.2 Å². The van der Waals surface area contributed by atoms with Gasteiger partial charge in [-0.05, 0) is 58.2 Å². The van der Waals surface area contributed by atoms with Crippen LogP contribution in [0.1, 0.15) is 65.9 Å². The highest BCUT2D eigenvalue weighted by molar-refractivity contribution is 5.79. The van der Waals surface area contributed by atoms with E-state index in [9.17, 15) is 9.59 Å². The zero-order valence-electron chi connectivity index (χ0n) is 20.0. The van der Waals surface area contributed by atoms with Gasteiger partial charge in [-0.25, -0.2) is 4.79 Å². The number of carbonyl (C=O) groups excluding carboxylic acids is 2. The van der Waals surface area contributed by atoms with Gasteiger partial charge in [-0.1, -0.05) is 25.5 Å².